The Balaban J connectivity index is 1.58. The zero-order chi connectivity index (χ0) is 20.2. The zero-order valence-electron chi connectivity index (χ0n) is 16.2. The van der Waals surface area contributed by atoms with E-state index < -0.39 is 0 Å². The number of nitrogens with zero attached hydrogens (tertiary/aromatic N) is 4. The first-order valence-electron chi connectivity index (χ1n) is 9.43. The Morgan fingerprint density at radius 3 is 3.07 bits per heavy atom. The molecule has 3 heterocycles. The topological polar surface area (TPSA) is 83.0 Å². The van der Waals surface area contributed by atoms with E-state index >= 15 is 0 Å². The van der Waals surface area contributed by atoms with Gasteiger partial charge in [0, 0.05) is 31.2 Å². The molecule has 1 saturated heterocycles. The van der Waals surface area contributed by atoms with Crippen LogP contribution in [-0.4, -0.2) is 40.5 Å². The van der Waals surface area contributed by atoms with Gasteiger partial charge in [0.25, 0.3) is 0 Å². The molecule has 29 heavy (non-hydrogen) atoms. The first kappa shape index (κ1) is 19.1. The minimum absolute atomic E-state index is 0.0445. The van der Waals surface area contributed by atoms with Crippen molar-refractivity contribution < 1.29 is 4.79 Å². The summed E-state index contributed by atoms with van der Waals surface area (Å²) in [6, 6.07) is 8.04. The van der Waals surface area contributed by atoms with Crippen molar-refractivity contribution in [1.29, 1.82) is 0 Å². The third-order valence-electron chi connectivity index (χ3n) is 4.53. The summed E-state index contributed by atoms with van der Waals surface area (Å²) in [7, 11) is 0. The van der Waals surface area contributed by atoms with Crippen LogP contribution >= 0.6 is 11.3 Å². The second-order valence-corrected chi connectivity index (χ2v) is 7.86. The number of anilines is 3. The van der Waals surface area contributed by atoms with Crippen LogP contribution in [0, 0.1) is 6.92 Å². The van der Waals surface area contributed by atoms with Crippen molar-refractivity contribution in [2.24, 2.45) is 0 Å². The van der Waals surface area contributed by atoms with Gasteiger partial charge in [-0.1, -0.05) is 24.0 Å². The quantitative estimate of drug-likeness (QED) is 0.673. The molecular weight excluding hydrogens is 384 g/mol. The van der Waals surface area contributed by atoms with E-state index in [0.717, 1.165) is 52.0 Å². The fraction of sp³-hybridized carbons (Fsp3) is 0.238. The van der Waals surface area contributed by atoms with Crippen LogP contribution in [0.2, 0.25) is 0 Å². The monoisotopic (exact) mass is 406 g/mol. The highest BCUT2D eigenvalue weighted by atomic mass is 32.1. The Kier molecular flexibility index (Phi) is 5.53. The van der Waals surface area contributed by atoms with Crippen molar-refractivity contribution in [3.05, 3.63) is 54.5 Å². The number of thiazole rings is 1. The van der Waals surface area contributed by atoms with Crippen LogP contribution in [0.3, 0.4) is 0 Å². The molecule has 0 aliphatic carbocycles. The van der Waals surface area contributed by atoms with Gasteiger partial charge in [-0.25, -0.2) is 15.0 Å². The fourth-order valence-corrected chi connectivity index (χ4v) is 4.12. The predicted molar refractivity (Wildman–Crippen MR) is 118 cm³/mol. The minimum atomic E-state index is 0.0445. The second kappa shape index (κ2) is 8.40. The molecule has 0 atom stereocenters. The highest BCUT2D eigenvalue weighted by Crippen LogP contribution is 2.33. The largest absolute Gasteiger partial charge is 0.354 e. The highest BCUT2D eigenvalue weighted by Gasteiger charge is 2.18. The molecule has 0 spiro atoms. The molecule has 0 radical (unpaired) electrons. The van der Waals surface area contributed by atoms with Gasteiger partial charge >= 0.3 is 0 Å². The van der Waals surface area contributed by atoms with E-state index in [-0.39, 0.29) is 5.91 Å². The van der Waals surface area contributed by atoms with Gasteiger partial charge in [-0.05, 0) is 48.7 Å². The van der Waals surface area contributed by atoms with Gasteiger partial charge in [0.05, 0.1) is 17.1 Å². The van der Waals surface area contributed by atoms with Gasteiger partial charge < -0.3 is 15.5 Å². The summed E-state index contributed by atoms with van der Waals surface area (Å²) in [6.07, 6.45) is 6.19. The van der Waals surface area contributed by atoms with Gasteiger partial charge in [0.15, 0.2) is 5.13 Å². The standard InChI is InChI=1S/C21H22N6OS/c1-3-16-5-7-23-20(25-16)26-17-10-14(2)9-15(11-17)18-12-24-21(29-18)27-8-4-6-22-19(28)13-27/h3,5,7,9-12H,1,4,6,8,13H2,2H3,(H,22,28)(H,23,25,26). The molecule has 2 aromatic heterocycles. The molecule has 148 valence electrons. The lowest BCUT2D eigenvalue weighted by atomic mass is 10.1. The molecular formula is C21H22N6OS. The number of hydrogen-bond donors (Lipinski definition) is 2. The molecule has 2 N–H and O–H groups in total. The van der Waals surface area contributed by atoms with Crippen LogP contribution in [0.15, 0.2) is 43.2 Å². The van der Waals surface area contributed by atoms with Crippen molar-refractivity contribution in [3.8, 4) is 10.4 Å². The number of nitrogens with one attached hydrogen (secondary N) is 2. The Morgan fingerprint density at radius 1 is 1.31 bits per heavy atom. The van der Waals surface area contributed by atoms with E-state index in [1.54, 1.807) is 23.6 Å². The Labute approximate surface area is 173 Å². The van der Waals surface area contributed by atoms with E-state index in [0.29, 0.717) is 12.5 Å². The molecule has 1 aliphatic heterocycles. The molecule has 1 aromatic carbocycles. The summed E-state index contributed by atoms with van der Waals surface area (Å²) < 4.78 is 0. The van der Waals surface area contributed by atoms with Gasteiger partial charge in [-0.15, -0.1) is 0 Å². The van der Waals surface area contributed by atoms with E-state index in [2.05, 4.69) is 57.3 Å². The maximum absolute atomic E-state index is 11.8. The van der Waals surface area contributed by atoms with Gasteiger partial charge in [-0.3, -0.25) is 4.79 Å². The lowest BCUT2D eigenvalue weighted by molar-refractivity contribution is -0.119. The summed E-state index contributed by atoms with van der Waals surface area (Å²) in [5, 5.41) is 7.03. The molecule has 7 nitrogen and oxygen atoms in total. The SMILES string of the molecule is C=Cc1ccnc(Nc2cc(C)cc(-c3cnc(N4CCCNC(=O)C4)s3)c2)n1. The van der Waals surface area contributed by atoms with Crippen LogP contribution < -0.4 is 15.5 Å². The third-order valence-corrected chi connectivity index (χ3v) is 5.64. The predicted octanol–water partition coefficient (Wildman–Crippen LogP) is 3.62. The molecule has 1 amide bonds. The number of benzene rings is 1. The fourth-order valence-electron chi connectivity index (χ4n) is 3.19. The lowest BCUT2D eigenvalue weighted by Crippen LogP contribution is -2.32. The van der Waals surface area contributed by atoms with Crippen LogP contribution in [0.25, 0.3) is 16.5 Å². The first-order valence-corrected chi connectivity index (χ1v) is 10.2. The van der Waals surface area contributed by atoms with Crippen LogP contribution in [-0.2, 0) is 4.79 Å². The Bertz CT molecular complexity index is 1050. The van der Waals surface area contributed by atoms with Crippen molar-refractivity contribution in [2.45, 2.75) is 13.3 Å². The van der Waals surface area contributed by atoms with Crippen LogP contribution in [0.4, 0.5) is 16.8 Å². The van der Waals surface area contributed by atoms with Crippen LogP contribution in [0.1, 0.15) is 17.7 Å². The number of amides is 1. The van der Waals surface area contributed by atoms with Crippen LogP contribution in [0.5, 0.6) is 0 Å². The number of carbonyl (C=O) groups excluding carboxylic acids is 1. The number of aromatic nitrogens is 3. The average molecular weight is 407 g/mol. The number of aryl methyl sites for hydroxylation is 1. The average Bonchev–Trinajstić information content (AvgIpc) is 3.10. The first-order chi connectivity index (χ1) is 14.1. The van der Waals surface area contributed by atoms with Gasteiger partial charge in [0.2, 0.25) is 11.9 Å². The Hall–Kier alpha value is -3.26. The summed E-state index contributed by atoms with van der Waals surface area (Å²) in [6.45, 7) is 7.69. The van der Waals surface area contributed by atoms with Crippen molar-refractivity contribution in [3.63, 3.8) is 0 Å². The van der Waals surface area contributed by atoms with Crippen molar-refractivity contribution in [1.82, 2.24) is 20.3 Å². The molecule has 3 aromatic rings. The smallest absolute Gasteiger partial charge is 0.239 e. The second-order valence-electron chi connectivity index (χ2n) is 6.85. The number of hydrogen-bond acceptors (Lipinski definition) is 7. The molecule has 0 bridgehead atoms. The highest BCUT2D eigenvalue weighted by molar-refractivity contribution is 7.18. The van der Waals surface area contributed by atoms with E-state index in [4.69, 9.17) is 0 Å². The summed E-state index contributed by atoms with van der Waals surface area (Å²) >= 11 is 1.60. The molecule has 8 heteroatoms. The van der Waals surface area contributed by atoms with E-state index in [1.807, 2.05) is 17.2 Å². The lowest BCUT2D eigenvalue weighted by Gasteiger charge is -2.17. The summed E-state index contributed by atoms with van der Waals surface area (Å²) in [5.74, 6) is 0.572. The van der Waals surface area contributed by atoms with Crippen molar-refractivity contribution in [2.75, 3.05) is 29.9 Å². The van der Waals surface area contributed by atoms with Gasteiger partial charge in [0.1, 0.15) is 0 Å². The molecule has 1 fully saturated rings. The van der Waals surface area contributed by atoms with E-state index in [1.165, 1.54) is 0 Å². The number of rotatable bonds is 5. The van der Waals surface area contributed by atoms with E-state index in [9.17, 15) is 4.79 Å². The van der Waals surface area contributed by atoms with Crippen molar-refractivity contribution >= 4 is 40.1 Å². The summed E-state index contributed by atoms with van der Waals surface area (Å²) in [4.78, 5) is 28.2. The maximum Gasteiger partial charge on any atom is 0.239 e. The molecule has 4 rings (SSSR count). The Morgan fingerprint density at radius 2 is 2.21 bits per heavy atom. The van der Waals surface area contributed by atoms with Gasteiger partial charge in [-0.2, -0.15) is 0 Å². The zero-order valence-corrected chi connectivity index (χ0v) is 17.0. The minimum Gasteiger partial charge on any atom is -0.354 e. The molecule has 0 saturated carbocycles. The number of carbonyl (C=O) groups is 1. The molecule has 0 unspecified atom stereocenters. The third kappa shape index (κ3) is 4.60. The molecule has 1 aliphatic rings. The maximum atomic E-state index is 11.8. The summed E-state index contributed by atoms with van der Waals surface area (Å²) in [5.41, 5.74) is 3.86. The normalized spacial score (nSPS) is 14.2.